The van der Waals surface area contributed by atoms with Gasteiger partial charge in [0, 0.05) is 28.4 Å². The largest absolute Gasteiger partial charge is 0.398 e. The lowest BCUT2D eigenvalue weighted by Crippen LogP contribution is -2.30. The van der Waals surface area contributed by atoms with Gasteiger partial charge in [-0.3, -0.25) is 0 Å². The summed E-state index contributed by atoms with van der Waals surface area (Å²) < 4.78 is 0.967. The number of nitrogen functional groups attached to an aromatic ring is 1. The lowest BCUT2D eigenvalue weighted by Gasteiger charge is -2.27. The number of anilines is 2. The number of hydrogen-bond donors (Lipinski definition) is 1. The van der Waals surface area contributed by atoms with Gasteiger partial charge in [0.1, 0.15) is 0 Å². The van der Waals surface area contributed by atoms with E-state index in [1.54, 1.807) is 0 Å². The van der Waals surface area contributed by atoms with Crippen molar-refractivity contribution in [2.24, 2.45) is 0 Å². The molecule has 0 heterocycles. The Morgan fingerprint density at radius 2 is 2.07 bits per heavy atom. The molecule has 1 aromatic carbocycles. The normalized spacial score (nSPS) is 10.6. The summed E-state index contributed by atoms with van der Waals surface area (Å²) in [5, 5.41) is 0. The maximum absolute atomic E-state index is 5.74. The maximum Gasteiger partial charge on any atom is 0.0460 e. The summed E-state index contributed by atoms with van der Waals surface area (Å²) in [5.74, 6) is 0. The Hall–Kier alpha value is -0.700. The van der Waals surface area contributed by atoms with Crippen LogP contribution < -0.4 is 10.6 Å². The monoisotopic (exact) mass is 256 g/mol. The molecule has 3 heteroatoms. The van der Waals surface area contributed by atoms with E-state index in [0.29, 0.717) is 6.04 Å². The van der Waals surface area contributed by atoms with Crippen LogP contribution in [0.15, 0.2) is 22.7 Å². The fraction of sp³-hybridized carbons (Fsp3) is 0.455. The maximum atomic E-state index is 5.74. The molecule has 0 atom stereocenters. The van der Waals surface area contributed by atoms with Crippen LogP contribution in [0.4, 0.5) is 11.4 Å². The topological polar surface area (TPSA) is 29.3 Å². The molecule has 0 unspecified atom stereocenters. The minimum atomic E-state index is 0.510. The Kier molecular flexibility index (Phi) is 3.81. The van der Waals surface area contributed by atoms with Crippen molar-refractivity contribution in [1.82, 2.24) is 0 Å². The molecule has 0 amide bonds. The molecule has 1 aromatic rings. The van der Waals surface area contributed by atoms with Gasteiger partial charge in [-0.1, -0.05) is 0 Å². The van der Waals surface area contributed by atoms with Gasteiger partial charge < -0.3 is 10.6 Å². The summed E-state index contributed by atoms with van der Waals surface area (Å²) in [5.41, 5.74) is 7.74. The first kappa shape index (κ1) is 11.4. The van der Waals surface area contributed by atoms with Gasteiger partial charge in [-0.05, 0) is 54.9 Å². The number of nitrogens with zero attached hydrogens (tertiary/aromatic N) is 1. The average Bonchev–Trinajstić information content (AvgIpc) is 2.11. The second kappa shape index (κ2) is 4.69. The Labute approximate surface area is 94.2 Å². The highest BCUT2D eigenvalue weighted by atomic mass is 79.9. The predicted octanol–water partition coefficient (Wildman–Crippen LogP) is 3.27. The van der Waals surface area contributed by atoms with E-state index in [2.05, 4.69) is 53.7 Å². The van der Waals surface area contributed by atoms with Crippen molar-refractivity contribution in [3.63, 3.8) is 0 Å². The summed E-state index contributed by atoms with van der Waals surface area (Å²) in [6.07, 6.45) is 0. The molecule has 0 aliphatic rings. The van der Waals surface area contributed by atoms with E-state index in [4.69, 9.17) is 5.73 Å². The third-order valence-corrected chi connectivity index (χ3v) is 2.97. The van der Waals surface area contributed by atoms with E-state index in [-0.39, 0.29) is 0 Å². The molecule has 1 rings (SSSR count). The molecule has 2 N–H and O–H groups in total. The molecule has 2 nitrogen and oxygen atoms in total. The molecule has 0 saturated carbocycles. The smallest absolute Gasteiger partial charge is 0.0460 e. The van der Waals surface area contributed by atoms with Gasteiger partial charge in [-0.2, -0.15) is 0 Å². The summed E-state index contributed by atoms with van der Waals surface area (Å²) >= 11 is 3.44. The van der Waals surface area contributed by atoms with Crippen molar-refractivity contribution in [2.45, 2.75) is 26.8 Å². The summed E-state index contributed by atoms with van der Waals surface area (Å²) in [6.45, 7) is 7.54. The molecule has 0 saturated heterocycles. The zero-order chi connectivity index (χ0) is 10.7. The second-order valence-corrected chi connectivity index (χ2v) is 4.44. The van der Waals surface area contributed by atoms with Crippen LogP contribution in [0.3, 0.4) is 0 Å². The third kappa shape index (κ3) is 2.41. The van der Waals surface area contributed by atoms with Crippen LogP contribution in [0.1, 0.15) is 20.8 Å². The van der Waals surface area contributed by atoms with Gasteiger partial charge in [0.05, 0.1) is 0 Å². The van der Waals surface area contributed by atoms with E-state index in [0.717, 1.165) is 16.7 Å². The number of nitrogens with two attached hydrogens (primary N) is 1. The van der Waals surface area contributed by atoms with Crippen molar-refractivity contribution < 1.29 is 0 Å². The van der Waals surface area contributed by atoms with Gasteiger partial charge in [0.15, 0.2) is 0 Å². The molecule has 78 valence electrons. The Balaban J connectivity index is 3.00. The molecule has 0 radical (unpaired) electrons. The SMILES string of the molecule is CCN(c1ccc(N)c(Br)c1)C(C)C. The van der Waals surface area contributed by atoms with Crippen LogP contribution in [-0.2, 0) is 0 Å². The molecule has 0 aliphatic carbocycles. The molecule has 0 spiro atoms. The first-order chi connectivity index (χ1) is 6.56. The van der Waals surface area contributed by atoms with E-state index in [9.17, 15) is 0 Å². The Morgan fingerprint density at radius 1 is 1.43 bits per heavy atom. The molecule has 0 aliphatic heterocycles. The van der Waals surface area contributed by atoms with Crippen molar-refractivity contribution in [2.75, 3.05) is 17.2 Å². The van der Waals surface area contributed by atoms with E-state index < -0.39 is 0 Å². The highest BCUT2D eigenvalue weighted by molar-refractivity contribution is 9.10. The zero-order valence-electron chi connectivity index (χ0n) is 8.92. The number of halogens is 1. The van der Waals surface area contributed by atoms with Crippen molar-refractivity contribution >= 4 is 27.3 Å². The first-order valence-corrected chi connectivity index (χ1v) is 5.67. The van der Waals surface area contributed by atoms with Crippen LogP contribution in [0.25, 0.3) is 0 Å². The van der Waals surface area contributed by atoms with Gasteiger partial charge >= 0.3 is 0 Å². The van der Waals surface area contributed by atoms with Crippen molar-refractivity contribution in [1.29, 1.82) is 0 Å². The fourth-order valence-corrected chi connectivity index (χ4v) is 1.91. The van der Waals surface area contributed by atoms with E-state index in [1.807, 2.05) is 6.07 Å². The fourth-order valence-electron chi connectivity index (χ4n) is 1.54. The number of rotatable bonds is 3. The number of hydrogen-bond acceptors (Lipinski definition) is 2. The van der Waals surface area contributed by atoms with E-state index >= 15 is 0 Å². The average molecular weight is 257 g/mol. The van der Waals surface area contributed by atoms with Gasteiger partial charge in [-0.25, -0.2) is 0 Å². The third-order valence-electron chi connectivity index (χ3n) is 2.28. The highest BCUT2D eigenvalue weighted by Gasteiger charge is 2.08. The standard InChI is InChI=1S/C11H17BrN2/c1-4-14(8(2)3)9-5-6-11(13)10(12)7-9/h5-8H,4,13H2,1-3H3. The van der Waals surface area contributed by atoms with E-state index in [1.165, 1.54) is 5.69 Å². The summed E-state index contributed by atoms with van der Waals surface area (Å²) in [7, 11) is 0. The molecule has 14 heavy (non-hydrogen) atoms. The lowest BCUT2D eigenvalue weighted by molar-refractivity contribution is 0.704. The minimum Gasteiger partial charge on any atom is -0.398 e. The second-order valence-electron chi connectivity index (χ2n) is 3.59. The Bertz CT molecular complexity index is 310. The summed E-state index contributed by atoms with van der Waals surface area (Å²) in [6, 6.07) is 6.57. The molecular weight excluding hydrogens is 240 g/mol. The van der Waals surface area contributed by atoms with Crippen molar-refractivity contribution in [3.8, 4) is 0 Å². The van der Waals surface area contributed by atoms with Gasteiger partial charge in [-0.15, -0.1) is 0 Å². The van der Waals surface area contributed by atoms with Crippen LogP contribution in [0, 0.1) is 0 Å². The molecule has 0 aromatic heterocycles. The highest BCUT2D eigenvalue weighted by Crippen LogP contribution is 2.26. The minimum absolute atomic E-state index is 0.510. The zero-order valence-corrected chi connectivity index (χ0v) is 10.5. The lowest BCUT2D eigenvalue weighted by atomic mass is 10.2. The summed E-state index contributed by atoms with van der Waals surface area (Å²) in [4.78, 5) is 2.32. The quantitative estimate of drug-likeness (QED) is 0.842. The first-order valence-electron chi connectivity index (χ1n) is 4.88. The predicted molar refractivity (Wildman–Crippen MR) is 66.7 cm³/mol. The van der Waals surface area contributed by atoms with Gasteiger partial charge in [0.25, 0.3) is 0 Å². The van der Waals surface area contributed by atoms with Gasteiger partial charge in [0.2, 0.25) is 0 Å². The van der Waals surface area contributed by atoms with Crippen LogP contribution >= 0.6 is 15.9 Å². The molecule has 0 fully saturated rings. The van der Waals surface area contributed by atoms with Crippen LogP contribution in [0.2, 0.25) is 0 Å². The molecular formula is C11H17BrN2. The van der Waals surface area contributed by atoms with Crippen LogP contribution in [-0.4, -0.2) is 12.6 Å². The molecule has 0 bridgehead atoms. The van der Waals surface area contributed by atoms with Crippen LogP contribution in [0.5, 0.6) is 0 Å². The number of benzene rings is 1. The van der Waals surface area contributed by atoms with Crippen molar-refractivity contribution in [3.05, 3.63) is 22.7 Å². The Morgan fingerprint density at radius 3 is 2.50 bits per heavy atom.